The van der Waals surface area contributed by atoms with Gasteiger partial charge >= 0.3 is 0 Å². The topological polar surface area (TPSA) is 97.6 Å². The maximum atomic E-state index is 15.0. The molecular formula is C19H25FN2O5. The number of ether oxygens (including phenoxy) is 1. The molecule has 1 unspecified atom stereocenters. The minimum Gasteiger partial charge on any atom is -0.472 e. The SMILES string of the molecule is CC[C@@H]1OCC(=O)[C@H]1NC(=O)C(CC1(F)CCCC1)NC(=O)c1ccoc1. The van der Waals surface area contributed by atoms with Gasteiger partial charge in [0.15, 0.2) is 5.78 Å². The van der Waals surface area contributed by atoms with Crippen molar-refractivity contribution in [2.45, 2.75) is 69.3 Å². The Morgan fingerprint density at radius 2 is 2.11 bits per heavy atom. The Labute approximate surface area is 157 Å². The number of Topliss-reactive ketones (excluding diaryl/α,β-unsaturated/α-hetero) is 1. The third-order valence-electron chi connectivity index (χ3n) is 5.33. The molecule has 148 valence electrons. The molecule has 0 bridgehead atoms. The lowest BCUT2D eigenvalue weighted by Crippen LogP contribution is -2.54. The van der Waals surface area contributed by atoms with Crippen LogP contribution in [0.15, 0.2) is 23.0 Å². The Morgan fingerprint density at radius 3 is 2.74 bits per heavy atom. The predicted octanol–water partition coefficient (Wildman–Crippen LogP) is 1.91. The van der Waals surface area contributed by atoms with Gasteiger partial charge in [0.2, 0.25) is 5.91 Å². The molecular weight excluding hydrogens is 355 g/mol. The van der Waals surface area contributed by atoms with Crippen LogP contribution in [0.25, 0.3) is 0 Å². The average Bonchev–Trinajstić information content (AvgIpc) is 3.37. The summed E-state index contributed by atoms with van der Waals surface area (Å²) in [5, 5.41) is 5.24. The second-order valence-electron chi connectivity index (χ2n) is 7.31. The summed E-state index contributed by atoms with van der Waals surface area (Å²) in [5.74, 6) is -1.31. The lowest BCUT2D eigenvalue weighted by Gasteiger charge is -2.27. The van der Waals surface area contributed by atoms with Crippen LogP contribution in [-0.2, 0) is 14.3 Å². The molecule has 3 atom stereocenters. The number of hydrogen-bond acceptors (Lipinski definition) is 5. The van der Waals surface area contributed by atoms with Crippen molar-refractivity contribution in [3.8, 4) is 0 Å². The molecule has 2 N–H and O–H groups in total. The largest absolute Gasteiger partial charge is 0.472 e. The fourth-order valence-electron chi connectivity index (χ4n) is 3.79. The Balaban J connectivity index is 1.72. The zero-order valence-corrected chi connectivity index (χ0v) is 15.3. The van der Waals surface area contributed by atoms with E-state index in [1.807, 2.05) is 6.92 Å². The summed E-state index contributed by atoms with van der Waals surface area (Å²) in [5.41, 5.74) is -1.25. The van der Waals surface area contributed by atoms with E-state index in [0.29, 0.717) is 19.3 Å². The van der Waals surface area contributed by atoms with E-state index >= 15 is 4.39 Å². The van der Waals surface area contributed by atoms with Crippen LogP contribution in [-0.4, -0.2) is 48.1 Å². The summed E-state index contributed by atoms with van der Waals surface area (Å²) < 4.78 is 25.3. The van der Waals surface area contributed by atoms with Crippen molar-refractivity contribution in [1.29, 1.82) is 0 Å². The summed E-state index contributed by atoms with van der Waals surface area (Å²) in [4.78, 5) is 37.2. The van der Waals surface area contributed by atoms with E-state index in [1.165, 1.54) is 18.6 Å². The second kappa shape index (κ2) is 8.21. The molecule has 0 spiro atoms. The smallest absolute Gasteiger partial charge is 0.255 e. The molecule has 2 heterocycles. The summed E-state index contributed by atoms with van der Waals surface area (Å²) >= 11 is 0. The summed E-state index contributed by atoms with van der Waals surface area (Å²) in [6.07, 6.45) is 4.88. The van der Waals surface area contributed by atoms with Crippen molar-refractivity contribution in [2.75, 3.05) is 6.61 Å². The van der Waals surface area contributed by atoms with Crippen LogP contribution in [0, 0.1) is 0 Å². The van der Waals surface area contributed by atoms with Crippen LogP contribution in [0.5, 0.6) is 0 Å². The van der Waals surface area contributed by atoms with Gasteiger partial charge in [-0.1, -0.05) is 19.8 Å². The molecule has 8 heteroatoms. The quantitative estimate of drug-likeness (QED) is 0.753. The maximum Gasteiger partial charge on any atom is 0.255 e. The second-order valence-corrected chi connectivity index (χ2v) is 7.31. The van der Waals surface area contributed by atoms with Crippen LogP contribution in [0.2, 0.25) is 0 Å². The number of ketones is 1. The zero-order chi connectivity index (χ0) is 19.4. The summed E-state index contributed by atoms with van der Waals surface area (Å²) in [6.45, 7) is 1.80. The Kier molecular flexibility index (Phi) is 5.94. The molecule has 1 aliphatic heterocycles. The number of alkyl halides is 1. The third-order valence-corrected chi connectivity index (χ3v) is 5.33. The predicted molar refractivity (Wildman–Crippen MR) is 93.9 cm³/mol. The van der Waals surface area contributed by atoms with Gasteiger partial charge in [0, 0.05) is 6.42 Å². The number of nitrogens with one attached hydrogen (secondary N) is 2. The Hall–Kier alpha value is -2.22. The van der Waals surface area contributed by atoms with Gasteiger partial charge in [0.05, 0.1) is 17.9 Å². The highest BCUT2D eigenvalue weighted by atomic mass is 19.1. The first-order valence-corrected chi connectivity index (χ1v) is 9.38. The zero-order valence-electron chi connectivity index (χ0n) is 15.3. The Bertz CT molecular complexity index is 684. The molecule has 1 saturated heterocycles. The molecule has 2 amide bonds. The number of hydrogen-bond donors (Lipinski definition) is 2. The lowest BCUT2D eigenvalue weighted by molar-refractivity contribution is -0.128. The van der Waals surface area contributed by atoms with E-state index in [1.54, 1.807) is 0 Å². The fraction of sp³-hybridized carbons (Fsp3) is 0.632. The van der Waals surface area contributed by atoms with Gasteiger partial charge in [0.1, 0.15) is 30.6 Å². The number of amides is 2. The van der Waals surface area contributed by atoms with Gasteiger partial charge in [-0.2, -0.15) is 0 Å². The highest BCUT2D eigenvalue weighted by Crippen LogP contribution is 2.37. The molecule has 2 aliphatic rings. The van der Waals surface area contributed by atoms with Gasteiger partial charge < -0.3 is 19.8 Å². The first-order chi connectivity index (χ1) is 12.9. The molecule has 1 aliphatic carbocycles. The van der Waals surface area contributed by atoms with Crippen molar-refractivity contribution >= 4 is 17.6 Å². The number of carbonyl (C=O) groups excluding carboxylic acids is 3. The number of carbonyl (C=O) groups is 3. The van der Waals surface area contributed by atoms with Crippen molar-refractivity contribution in [2.24, 2.45) is 0 Å². The first kappa shape index (κ1) is 19.5. The average molecular weight is 380 g/mol. The molecule has 0 radical (unpaired) electrons. The van der Waals surface area contributed by atoms with Gasteiger partial charge in [-0.3, -0.25) is 14.4 Å². The standard InChI is InChI=1S/C19H25FN2O5/c1-2-15-16(14(23)11-27-15)22-18(25)13(9-19(20)6-3-4-7-19)21-17(24)12-5-8-26-10-12/h5,8,10,13,15-16H,2-4,6-7,9,11H2,1H3,(H,21,24)(H,22,25)/t13?,15-,16+/m0/s1. The first-order valence-electron chi connectivity index (χ1n) is 9.38. The van der Waals surface area contributed by atoms with Crippen LogP contribution in [0.3, 0.4) is 0 Å². The molecule has 1 aromatic heterocycles. The van der Waals surface area contributed by atoms with Crippen LogP contribution < -0.4 is 10.6 Å². The molecule has 2 fully saturated rings. The van der Waals surface area contributed by atoms with Gasteiger partial charge in [0.25, 0.3) is 5.91 Å². The fourth-order valence-corrected chi connectivity index (χ4v) is 3.79. The highest BCUT2D eigenvalue weighted by Gasteiger charge is 2.41. The van der Waals surface area contributed by atoms with Crippen LogP contribution in [0.1, 0.15) is 55.8 Å². The highest BCUT2D eigenvalue weighted by molar-refractivity contribution is 5.98. The van der Waals surface area contributed by atoms with E-state index in [9.17, 15) is 14.4 Å². The minimum absolute atomic E-state index is 0.0530. The molecule has 3 rings (SSSR count). The molecule has 1 aromatic rings. The summed E-state index contributed by atoms with van der Waals surface area (Å²) in [6, 6.07) is -0.386. The van der Waals surface area contributed by atoms with Crippen molar-refractivity contribution < 1.29 is 27.9 Å². The Morgan fingerprint density at radius 1 is 1.37 bits per heavy atom. The van der Waals surface area contributed by atoms with E-state index in [-0.39, 0.29) is 24.4 Å². The van der Waals surface area contributed by atoms with Gasteiger partial charge in [-0.15, -0.1) is 0 Å². The van der Waals surface area contributed by atoms with Gasteiger partial charge in [-0.05, 0) is 25.3 Å². The van der Waals surface area contributed by atoms with E-state index in [0.717, 1.165) is 12.8 Å². The summed E-state index contributed by atoms with van der Waals surface area (Å²) in [7, 11) is 0. The number of furan rings is 1. The number of rotatable bonds is 7. The third kappa shape index (κ3) is 4.55. The molecule has 1 saturated carbocycles. The normalized spacial score (nSPS) is 25.3. The van der Waals surface area contributed by atoms with E-state index in [2.05, 4.69) is 10.6 Å². The van der Waals surface area contributed by atoms with Crippen LogP contribution >= 0.6 is 0 Å². The van der Waals surface area contributed by atoms with Crippen molar-refractivity contribution in [3.05, 3.63) is 24.2 Å². The van der Waals surface area contributed by atoms with Crippen molar-refractivity contribution in [1.82, 2.24) is 10.6 Å². The van der Waals surface area contributed by atoms with Crippen molar-refractivity contribution in [3.63, 3.8) is 0 Å². The minimum atomic E-state index is -1.49. The van der Waals surface area contributed by atoms with Gasteiger partial charge in [-0.25, -0.2) is 4.39 Å². The lowest BCUT2D eigenvalue weighted by atomic mass is 9.93. The molecule has 27 heavy (non-hydrogen) atoms. The van der Waals surface area contributed by atoms with E-state index < -0.39 is 35.7 Å². The van der Waals surface area contributed by atoms with E-state index in [4.69, 9.17) is 9.15 Å². The molecule has 7 nitrogen and oxygen atoms in total. The maximum absolute atomic E-state index is 15.0. The monoisotopic (exact) mass is 380 g/mol. The molecule has 0 aromatic carbocycles. The number of halogens is 1. The van der Waals surface area contributed by atoms with Crippen LogP contribution in [0.4, 0.5) is 4.39 Å².